The molecule has 2 atom stereocenters. The molecule has 3 rings (SSSR count). The molecule has 5 nitrogen and oxygen atoms in total. The number of alkyl halides is 3. The van der Waals surface area contributed by atoms with Crippen LogP contribution in [-0.4, -0.2) is 17.9 Å². The number of benzene rings is 1. The van der Waals surface area contributed by atoms with Crippen molar-refractivity contribution in [2.75, 3.05) is 12.8 Å². The fourth-order valence-corrected chi connectivity index (χ4v) is 4.31. The van der Waals surface area contributed by atoms with Crippen molar-refractivity contribution in [1.29, 1.82) is 0 Å². The molecule has 1 amide bonds. The number of carbonyl (C=O) groups is 1. The molecule has 0 aliphatic carbocycles. The Morgan fingerprint density at radius 1 is 1.17 bits per heavy atom. The summed E-state index contributed by atoms with van der Waals surface area (Å²) in [5.74, 6) is -1.43. The number of rotatable bonds is 5. The second-order valence-electron chi connectivity index (χ2n) is 7.09. The molecule has 158 valence electrons. The van der Waals surface area contributed by atoms with Gasteiger partial charge in [-0.2, -0.15) is 13.2 Å². The molecule has 0 aliphatic heterocycles. The van der Waals surface area contributed by atoms with Crippen molar-refractivity contribution in [2.24, 2.45) is 5.73 Å². The van der Waals surface area contributed by atoms with Crippen molar-refractivity contribution in [3.05, 3.63) is 70.9 Å². The van der Waals surface area contributed by atoms with Gasteiger partial charge >= 0.3 is 6.18 Å². The Balaban J connectivity index is 2.00. The van der Waals surface area contributed by atoms with E-state index < -0.39 is 29.1 Å². The minimum Gasteiger partial charge on any atom is -0.399 e. The molecule has 0 spiro atoms. The van der Waals surface area contributed by atoms with Crippen LogP contribution in [0.2, 0.25) is 0 Å². The number of halogens is 3. The third-order valence-electron chi connectivity index (χ3n) is 4.83. The molecule has 1 unspecified atom stereocenters. The maximum atomic E-state index is 12.9. The number of likely N-dealkylation sites (N-methyl/N-ethyl adjacent to an activating group) is 1. The van der Waals surface area contributed by atoms with Crippen molar-refractivity contribution in [3.8, 4) is 10.4 Å². The average Bonchev–Trinajstić information content (AvgIpc) is 3.19. The van der Waals surface area contributed by atoms with Gasteiger partial charge in [-0.25, -0.2) is 0 Å². The van der Waals surface area contributed by atoms with E-state index in [1.54, 1.807) is 13.0 Å². The Labute approximate surface area is 175 Å². The zero-order chi connectivity index (χ0) is 22.1. The van der Waals surface area contributed by atoms with Crippen LogP contribution in [0.3, 0.4) is 0 Å². The largest absolute Gasteiger partial charge is 0.417 e. The molecule has 2 aromatic heterocycles. The van der Waals surface area contributed by atoms with Gasteiger partial charge in [0, 0.05) is 28.7 Å². The summed E-state index contributed by atoms with van der Waals surface area (Å²) in [6.45, 7) is 1.67. The van der Waals surface area contributed by atoms with Gasteiger partial charge in [-0.1, -0.05) is 12.1 Å². The van der Waals surface area contributed by atoms with E-state index in [0.717, 1.165) is 16.5 Å². The highest BCUT2D eigenvalue weighted by molar-refractivity contribution is 7.15. The molecular weight excluding hydrogens is 413 g/mol. The Bertz CT molecular complexity index is 1040. The summed E-state index contributed by atoms with van der Waals surface area (Å²) in [7, 11) is 1.45. The van der Waals surface area contributed by atoms with Gasteiger partial charge < -0.3 is 16.8 Å². The summed E-state index contributed by atoms with van der Waals surface area (Å²) in [5.41, 5.74) is 12.0. The van der Waals surface area contributed by atoms with Crippen LogP contribution in [0.15, 0.2) is 54.7 Å². The first-order valence-electron chi connectivity index (χ1n) is 9.04. The number of nitrogens with one attached hydrogen (secondary N) is 1. The Kier molecular flexibility index (Phi) is 5.87. The highest BCUT2D eigenvalue weighted by Crippen LogP contribution is 2.41. The van der Waals surface area contributed by atoms with Crippen LogP contribution in [0.4, 0.5) is 18.9 Å². The molecule has 30 heavy (non-hydrogen) atoms. The van der Waals surface area contributed by atoms with Crippen LogP contribution in [0, 0.1) is 0 Å². The van der Waals surface area contributed by atoms with Crippen molar-refractivity contribution in [2.45, 2.75) is 24.6 Å². The summed E-state index contributed by atoms with van der Waals surface area (Å²) >= 11 is 1.39. The first-order chi connectivity index (χ1) is 14.0. The standard InChI is InChI=1S/C21H21F3N4OS/c1-20(26,17-9-8-16(30-17)12-4-3-5-14(25)10-12)18(19(29)27-2)15-7-6-13(11-28-15)21(22,23)24/h3-11,18H,25-26H2,1-2H3,(H,27,29)/t18?,20-/m1/s1. The van der Waals surface area contributed by atoms with Crippen LogP contribution in [0.5, 0.6) is 0 Å². The molecule has 0 radical (unpaired) electrons. The maximum absolute atomic E-state index is 12.9. The number of anilines is 1. The molecule has 0 aliphatic rings. The smallest absolute Gasteiger partial charge is 0.399 e. The lowest BCUT2D eigenvalue weighted by molar-refractivity contribution is -0.137. The van der Waals surface area contributed by atoms with E-state index in [2.05, 4.69) is 10.3 Å². The molecule has 1 aromatic carbocycles. The molecule has 3 aromatic rings. The summed E-state index contributed by atoms with van der Waals surface area (Å²) in [5, 5.41) is 2.54. The highest BCUT2D eigenvalue weighted by atomic mass is 32.1. The summed E-state index contributed by atoms with van der Waals surface area (Å²) in [4.78, 5) is 18.2. The minimum atomic E-state index is -4.51. The van der Waals surface area contributed by atoms with Gasteiger partial charge in [-0.05, 0) is 48.9 Å². The number of carbonyl (C=O) groups excluding carboxylic acids is 1. The van der Waals surface area contributed by atoms with Crippen molar-refractivity contribution < 1.29 is 18.0 Å². The number of nitrogens with zero attached hydrogens (tertiary/aromatic N) is 1. The van der Waals surface area contributed by atoms with Crippen LogP contribution < -0.4 is 16.8 Å². The normalized spacial score (nSPS) is 14.7. The molecule has 5 N–H and O–H groups in total. The van der Waals surface area contributed by atoms with E-state index in [1.165, 1.54) is 24.5 Å². The van der Waals surface area contributed by atoms with Crippen LogP contribution in [0.1, 0.15) is 29.0 Å². The predicted molar refractivity (Wildman–Crippen MR) is 112 cm³/mol. The van der Waals surface area contributed by atoms with E-state index in [0.29, 0.717) is 16.8 Å². The van der Waals surface area contributed by atoms with E-state index in [-0.39, 0.29) is 5.69 Å². The average molecular weight is 434 g/mol. The van der Waals surface area contributed by atoms with Gasteiger partial charge in [0.1, 0.15) is 5.92 Å². The lowest BCUT2D eigenvalue weighted by Gasteiger charge is -2.32. The Hall–Kier alpha value is -2.91. The van der Waals surface area contributed by atoms with Crippen molar-refractivity contribution in [1.82, 2.24) is 10.3 Å². The number of hydrogen-bond donors (Lipinski definition) is 3. The van der Waals surface area contributed by atoms with E-state index >= 15 is 0 Å². The summed E-state index contributed by atoms with van der Waals surface area (Å²) < 4.78 is 38.7. The van der Waals surface area contributed by atoms with Gasteiger partial charge in [0.15, 0.2) is 0 Å². The predicted octanol–water partition coefficient (Wildman–Crippen LogP) is 4.11. The second kappa shape index (κ2) is 8.08. The monoisotopic (exact) mass is 434 g/mol. The number of hydrogen-bond acceptors (Lipinski definition) is 5. The van der Waals surface area contributed by atoms with Gasteiger partial charge in [0.05, 0.1) is 16.8 Å². The second-order valence-corrected chi connectivity index (χ2v) is 8.17. The topological polar surface area (TPSA) is 94.0 Å². The number of pyridine rings is 1. The quantitative estimate of drug-likeness (QED) is 0.527. The lowest BCUT2D eigenvalue weighted by Crippen LogP contribution is -2.46. The SMILES string of the molecule is CNC(=O)C(c1ccc(C(F)(F)F)cn1)[C@](C)(N)c1ccc(-c2cccc(N)c2)s1. The van der Waals surface area contributed by atoms with Gasteiger partial charge in [-0.3, -0.25) is 9.78 Å². The van der Waals surface area contributed by atoms with E-state index in [4.69, 9.17) is 11.5 Å². The van der Waals surface area contributed by atoms with Gasteiger partial charge in [0.2, 0.25) is 5.91 Å². The lowest BCUT2D eigenvalue weighted by atomic mass is 9.81. The van der Waals surface area contributed by atoms with Crippen LogP contribution in [0.25, 0.3) is 10.4 Å². The molecule has 0 fully saturated rings. The highest BCUT2D eigenvalue weighted by Gasteiger charge is 2.41. The van der Waals surface area contributed by atoms with Gasteiger partial charge in [0.25, 0.3) is 0 Å². The molecule has 2 heterocycles. The third-order valence-corrected chi connectivity index (χ3v) is 6.21. The fraction of sp³-hybridized carbons (Fsp3) is 0.238. The first kappa shape index (κ1) is 21.8. The zero-order valence-corrected chi connectivity index (χ0v) is 17.1. The number of nitrogen functional groups attached to an aromatic ring is 1. The van der Waals surface area contributed by atoms with Crippen molar-refractivity contribution in [3.63, 3.8) is 0 Å². The zero-order valence-electron chi connectivity index (χ0n) is 16.3. The molecule has 0 saturated heterocycles. The first-order valence-corrected chi connectivity index (χ1v) is 9.85. The Morgan fingerprint density at radius 3 is 2.47 bits per heavy atom. The van der Waals surface area contributed by atoms with Gasteiger partial charge in [-0.15, -0.1) is 11.3 Å². The van der Waals surface area contributed by atoms with Crippen LogP contribution >= 0.6 is 11.3 Å². The number of amides is 1. The van der Waals surface area contributed by atoms with E-state index in [1.807, 2.05) is 30.3 Å². The summed E-state index contributed by atoms with van der Waals surface area (Å²) in [6, 6.07) is 13.1. The molecule has 9 heteroatoms. The number of thiophene rings is 1. The molecular formula is C21H21F3N4OS. The van der Waals surface area contributed by atoms with Crippen LogP contribution in [-0.2, 0) is 16.5 Å². The Morgan fingerprint density at radius 2 is 1.90 bits per heavy atom. The number of nitrogens with two attached hydrogens (primary N) is 2. The minimum absolute atomic E-state index is 0.159. The maximum Gasteiger partial charge on any atom is 0.417 e. The summed E-state index contributed by atoms with van der Waals surface area (Å²) in [6.07, 6.45) is -3.80. The molecule has 0 saturated carbocycles. The number of aromatic nitrogens is 1. The van der Waals surface area contributed by atoms with Crippen molar-refractivity contribution >= 4 is 22.9 Å². The molecule has 0 bridgehead atoms. The van der Waals surface area contributed by atoms with E-state index in [9.17, 15) is 18.0 Å². The third kappa shape index (κ3) is 4.31. The fourth-order valence-electron chi connectivity index (χ4n) is 3.22.